The number of carbonyl (C=O) groups is 2. The quantitative estimate of drug-likeness (QED) is 0.363. The average molecular weight is 456 g/mol. The lowest BCUT2D eigenvalue weighted by Crippen LogP contribution is -2.05. The highest BCUT2D eigenvalue weighted by atomic mass is 32.1. The molecule has 0 saturated carbocycles. The summed E-state index contributed by atoms with van der Waals surface area (Å²) in [5.74, 6) is 1.32. The van der Waals surface area contributed by atoms with Gasteiger partial charge in [0.2, 0.25) is 0 Å². The summed E-state index contributed by atoms with van der Waals surface area (Å²) in [7, 11) is 3.28. The number of anilines is 1. The van der Waals surface area contributed by atoms with Crippen molar-refractivity contribution in [3.8, 4) is 11.5 Å². The van der Waals surface area contributed by atoms with Crippen LogP contribution in [0.2, 0.25) is 0 Å². The smallest absolute Gasteiger partial charge is 0.341 e. The molecule has 1 heterocycles. The molecular formula is C25H29NO5S. The van der Waals surface area contributed by atoms with Gasteiger partial charge in [0, 0.05) is 17.7 Å². The van der Waals surface area contributed by atoms with Crippen molar-refractivity contribution < 1.29 is 23.8 Å². The van der Waals surface area contributed by atoms with Crippen LogP contribution in [0.1, 0.15) is 39.7 Å². The predicted octanol–water partition coefficient (Wildman–Crippen LogP) is 4.93. The van der Waals surface area contributed by atoms with Crippen LogP contribution in [0.3, 0.4) is 0 Å². The number of thiophene rings is 1. The lowest BCUT2D eigenvalue weighted by Gasteiger charge is -2.01. The van der Waals surface area contributed by atoms with Crippen LogP contribution >= 0.6 is 11.3 Å². The lowest BCUT2D eigenvalue weighted by molar-refractivity contribution is -0.107. The summed E-state index contributed by atoms with van der Waals surface area (Å²) in [6.07, 6.45) is 3.07. The SMILES string of the molecule is CCOC(=O)c1cc(Cc2ccc(OC)cc2)sc1N.COc1ccc(CCC=O)cc1. The summed E-state index contributed by atoms with van der Waals surface area (Å²) in [4.78, 5) is 22.8. The third-order valence-electron chi connectivity index (χ3n) is 4.55. The Morgan fingerprint density at radius 3 is 2.03 bits per heavy atom. The summed E-state index contributed by atoms with van der Waals surface area (Å²) in [6.45, 7) is 2.13. The van der Waals surface area contributed by atoms with Crippen LogP contribution in [-0.2, 0) is 22.4 Å². The number of benzene rings is 2. The van der Waals surface area contributed by atoms with E-state index >= 15 is 0 Å². The second-order valence-electron chi connectivity index (χ2n) is 6.79. The largest absolute Gasteiger partial charge is 0.497 e. The van der Waals surface area contributed by atoms with Gasteiger partial charge in [-0.1, -0.05) is 24.3 Å². The Bertz CT molecular complexity index is 981. The number of rotatable bonds is 9. The van der Waals surface area contributed by atoms with E-state index in [1.54, 1.807) is 21.1 Å². The van der Waals surface area contributed by atoms with E-state index in [9.17, 15) is 9.59 Å². The van der Waals surface area contributed by atoms with E-state index in [0.29, 0.717) is 23.6 Å². The molecule has 1 aromatic heterocycles. The minimum absolute atomic E-state index is 0.349. The van der Waals surface area contributed by atoms with Crippen LogP contribution in [0.5, 0.6) is 11.5 Å². The van der Waals surface area contributed by atoms with Gasteiger partial charge < -0.3 is 24.7 Å². The molecule has 0 saturated heterocycles. The van der Waals surface area contributed by atoms with Crippen LogP contribution in [0.15, 0.2) is 54.6 Å². The number of methoxy groups -OCH3 is 2. The lowest BCUT2D eigenvalue weighted by atomic mass is 10.1. The van der Waals surface area contributed by atoms with Gasteiger partial charge >= 0.3 is 5.97 Å². The van der Waals surface area contributed by atoms with Crippen LogP contribution < -0.4 is 15.2 Å². The van der Waals surface area contributed by atoms with Crippen LogP contribution in [-0.4, -0.2) is 33.1 Å². The Morgan fingerprint density at radius 2 is 1.53 bits per heavy atom. The van der Waals surface area contributed by atoms with Crippen molar-refractivity contribution in [2.45, 2.75) is 26.2 Å². The molecule has 0 aliphatic heterocycles. The molecule has 3 rings (SSSR count). The molecule has 2 aromatic carbocycles. The Morgan fingerprint density at radius 1 is 0.969 bits per heavy atom. The molecule has 0 aliphatic rings. The second-order valence-corrected chi connectivity index (χ2v) is 7.96. The third-order valence-corrected chi connectivity index (χ3v) is 5.52. The minimum atomic E-state index is -0.359. The zero-order valence-corrected chi connectivity index (χ0v) is 19.4. The van der Waals surface area contributed by atoms with E-state index in [4.69, 9.17) is 19.9 Å². The van der Waals surface area contributed by atoms with Crippen molar-refractivity contribution in [3.05, 3.63) is 76.2 Å². The van der Waals surface area contributed by atoms with Crippen LogP contribution in [0, 0.1) is 0 Å². The van der Waals surface area contributed by atoms with Crippen molar-refractivity contribution in [2.75, 3.05) is 26.6 Å². The van der Waals surface area contributed by atoms with Gasteiger partial charge in [-0.25, -0.2) is 4.79 Å². The summed E-state index contributed by atoms with van der Waals surface area (Å²) in [5, 5.41) is 0.506. The fraction of sp³-hybridized carbons (Fsp3) is 0.280. The van der Waals surface area contributed by atoms with E-state index in [2.05, 4.69) is 0 Å². The van der Waals surface area contributed by atoms with Crippen molar-refractivity contribution in [1.29, 1.82) is 0 Å². The molecule has 0 spiro atoms. The maximum atomic E-state index is 11.7. The number of aryl methyl sites for hydroxylation is 1. The summed E-state index contributed by atoms with van der Waals surface area (Å²) in [5.41, 5.74) is 8.64. The van der Waals surface area contributed by atoms with E-state index < -0.39 is 0 Å². The molecular weight excluding hydrogens is 426 g/mol. The van der Waals surface area contributed by atoms with Crippen molar-refractivity contribution >= 4 is 28.6 Å². The highest BCUT2D eigenvalue weighted by molar-refractivity contribution is 7.16. The van der Waals surface area contributed by atoms with Gasteiger partial charge in [-0.3, -0.25) is 0 Å². The molecule has 170 valence electrons. The Balaban J connectivity index is 0.000000258. The highest BCUT2D eigenvalue weighted by Gasteiger charge is 2.15. The predicted molar refractivity (Wildman–Crippen MR) is 128 cm³/mol. The van der Waals surface area contributed by atoms with Gasteiger partial charge in [-0.05, 0) is 54.8 Å². The molecule has 6 nitrogen and oxygen atoms in total. The van der Waals surface area contributed by atoms with Gasteiger partial charge in [-0.2, -0.15) is 0 Å². The first-order valence-electron chi connectivity index (χ1n) is 10.3. The third kappa shape index (κ3) is 7.74. The number of hydrogen-bond acceptors (Lipinski definition) is 7. The number of aldehydes is 1. The topological polar surface area (TPSA) is 87.8 Å². The fourth-order valence-electron chi connectivity index (χ4n) is 2.88. The minimum Gasteiger partial charge on any atom is -0.497 e. The molecule has 7 heteroatoms. The van der Waals surface area contributed by atoms with Gasteiger partial charge in [-0.15, -0.1) is 11.3 Å². The number of hydrogen-bond donors (Lipinski definition) is 1. The molecule has 0 fully saturated rings. The van der Waals surface area contributed by atoms with Crippen molar-refractivity contribution in [2.24, 2.45) is 0 Å². The molecule has 2 N–H and O–H groups in total. The van der Waals surface area contributed by atoms with E-state index in [1.807, 2.05) is 54.6 Å². The van der Waals surface area contributed by atoms with E-state index in [1.165, 1.54) is 16.9 Å². The van der Waals surface area contributed by atoms with Crippen molar-refractivity contribution in [1.82, 2.24) is 0 Å². The first-order chi connectivity index (χ1) is 15.5. The number of carbonyl (C=O) groups excluding carboxylic acids is 2. The summed E-state index contributed by atoms with van der Waals surface area (Å²) >= 11 is 1.42. The Labute approximate surface area is 192 Å². The van der Waals surface area contributed by atoms with Gasteiger partial charge in [0.1, 0.15) is 22.8 Å². The molecule has 0 amide bonds. The van der Waals surface area contributed by atoms with E-state index in [-0.39, 0.29) is 5.97 Å². The number of esters is 1. The summed E-state index contributed by atoms with van der Waals surface area (Å²) in [6, 6.07) is 17.4. The maximum Gasteiger partial charge on any atom is 0.341 e. The molecule has 0 atom stereocenters. The first-order valence-corrected chi connectivity index (χ1v) is 11.1. The Kier molecular flexibility index (Phi) is 10.3. The van der Waals surface area contributed by atoms with Gasteiger partial charge in [0.05, 0.1) is 26.4 Å². The molecule has 0 bridgehead atoms. The highest BCUT2D eigenvalue weighted by Crippen LogP contribution is 2.28. The zero-order valence-electron chi connectivity index (χ0n) is 18.6. The molecule has 3 aromatic rings. The van der Waals surface area contributed by atoms with Gasteiger partial charge in [0.15, 0.2) is 0 Å². The zero-order chi connectivity index (χ0) is 23.3. The fourth-order valence-corrected chi connectivity index (χ4v) is 3.83. The van der Waals surface area contributed by atoms with Crippen LogP contribution in [0.4, 0.5) is 5.00 Å². The number of nitrogen functional groups attached to an aromatic ring is 1. The Hall–Kier alpha value is -3.32. The molecule has 0 aliphatic carbocycles. The van der Waals surface area contributed by atoms with Gasteiger partial charge in [0.25, 0.3) is 0 Å². The standard InChI is InChI=1S/C15H17NO3S.C10H12O2/c1-3-19-15(17)13-9-12(20-14(13)16)8-10-4-6-11(18-2)7-5-10;1-12-10-6-4-9(5-7-10)3-2-8-11/h4-7,9H,3,8,16H2,1-2H3;4-8H,2-3H2,1H3. The number of nitrogens with two attached hydrogens (primary N) is 1. The first kappa shape index (κ1) is 24.9. The molecule has 0 unspecified atom stereocenters. The van der Waals surface area contributed by atoms with Crippen LogP contribution in [0.25, 0.3) is 0 Å². The molecule has 0 radical (unpaired) electrons. The average Bonchev–Trinajstić information content (AvgIpc) is 3.19. The normalized spacial score (nSPS) is 9.97. The number of ether oxygens (including phenoxy) is 3. The maximum absolute atomic E-state index is 11.7. The van der Waals surface area contributed by atoms with Crippen molar-refractivity contribution in [3.63, 3.8) is 0 Å². The second kappa shape index (κ2) is 13.2. The summed E-state index contributed by atoms with van der Waals surface area (Å²) < 4.78 is 15.1. The molecule has 32 heavy (non-hydrogen) atoms. The monoisotopic (exact) mass is 455 g/mol. The van der Waals surface area contributed by atoms with E-state index in [0.717, 1.165) is 41.1 Å².